The van der Waals surface area contributed by atoms with Crippen LogP contribution in [-0.2, 0) is 24.4 Å². The minimum atomic E-state index is 0.0884. The molecule has 0 saturated heterocycles. The molecule has 1 aromatic rings. The first kappa shape index (κ1) is 16.5. The molecule has 2 atom stereocenters. The molecule has 1 amide bonds. The molecule has 1 aliphatic heterocycles. The second-order valence-electron chi connectivity index (χ2n) is 6.97. The maximum atomic E-state index is 12.2. The zero-order chi connectivity index (χ0) is 16.2. The van der Waals surface area contributed by atoms with Crippen molar-refractivity contribution < 1.29 is 4.79 Å². The van der Waals surface area contributed by atoms with Crippen LogP contribution in [0.4, 0.5) is 0 Å². The van der Waals surface area contributed by atoms with E-state index in [1.54, 1.807) is 0 Å². The second kappa shape index (κ2) is 7.45. The Morgan fingerprint density at radius 1 is 1.43 bits per heavy atom. The summed E-state index contributed by atoms with van der Waals surface area (Å²) in [7, 11) is 0. The highest BCUT2D eigenvalue weighted by Crippen LogP contribution is 2.24. The number of nitrogens with zero attached hydrogens (tertiary/aromatic N) is 3. The fraction of sp³-hybridized carbons (Fsp3) is 0.765. The molecule has 0 spiro atoms. The normalized spacial score (nSPS) is 25.1. The number of nitrogens with one attached hydrogen (secondary N) is 1. The number of rotatable bonds is 5. The molecule has 2 unspecified atom stereocenters. The average Bonchev–Trinajstić information content (AvgIpc) is 3.07. The van der Waals surface area contributed by atoms with E-state index in [0.717, 1.165) is 57.6 Å². The Hall–Kier alpha value is -1.40. The summed E-state index contributed by atoms with van der Waals surface area (Å²) in [5.41, 5.74) is 8.12. The summed E-state index contributed by atoms with van der Waals surface area (Å²) >= 11 is 0. The summed E-state index contributed by atoms with van der Waals surface area (Å²) in [5.74, 6) is 0.222. The smallest absolute Gasteiger partial charge is 0.223 e. The molecule has 2 heterocycles. The zero-order valence-corrected chi connectivity index (χ0v) is 14.1. The highest BCUT2D eigenvalue weighted by Gasteiger charge is 2.27. The lowest BCUT2D eigenvalue weighted by atomic mass is 10.1. The number of fused-ring (bicyclic) bond motifs is 1. The summed E-state index contributed by atoms with van der Waals surface area (Å²) in [4.78, 5) is 14.7. The minimum Gasteiger partial charge on any atom is -0.350 e. The maximum absolute atomic E-state index is 12.2. The lowest BCUT2D eigenvalue weighted by molar-refractivity contribution is -0.125. The third-order valence-electron chi connectivity index (χ3n) is 4.97. The molecular formula is C17H29N5O. The molecular weight excluding hydrogens is 290 g/mol. The van der Waals surface area contributed by atoms with Crippen molar-refractivity contribution >= 4 is 5.91 Å². The molecule has 128 valence electrons. The fourth-order valence-corrected chi connectivity index (χ4v) is 3.76. The first-order chi connectivity index (χ1) is 11.2. The number of carbonyl (C=O) groups excluding carboxylic acids is 1. The molecule has 0 bridgehead atoms. The van der Waals surface area contributed by atoms with Crippen molar-refractivity contribution in [1.82, 2.24) is 20.0 Å². The number of nitrogens with two attached hydrogens (primary N) is 1. The van der Waals surface area contributed by atoms with E-state index in [1.165, 1.54) is 12.1 Å². The van der Waals surface area contributed by atoms with E-state index in [4.69, 9.17) is 5.73 Å². The highest BCUT2D eigenvalue weighted by molar-refractivity contribution is 5.78. The Balaban J connectivity index is 1.55. The average molecular weight is 319 g/mol. The van der Waals surface area contributed by atoms with Crippen molar-refractivity contribution in [1.29, 1.82) is 0 Å². The summed E-state index contributed by atoms with van der Waals surface area (Å²) in [6.45, 7) is 6.97. The minimum absolute atomic E-state index is 0.0884. The fourth-order valence-electron chi connectivity index (χ4n) is 3.76. The number of carbonyl (C=O) groups is 1. The van der Waals surface area contributed by atoms with Gasteiger partial charge in [0.2, 0.25) is 5.91 Å². The van der Waals surface area contributed by atoms with Gasteiger partial charge in [0.05, 0.1) is 17.9 Å². The van der Waals surface area contributed by atoms with Crippen LogP contribution in [0.1, 0.15) is 50.4 Å². The summed E-state index contributed by atoms with van der Waals surface area (Å²) in [6.07, 6.45) is 5.02. The van der Waals surface area contributed by atoms with Gasteiger partial charge in [0.1, 0.15) is 0 Å². The molecule has 1 fully saturated rings. The van der Waals surface area contributed by atoms with Crippen molar-refractivity contribution in [3.63, 3.8) is 0 Å². The first-order valence-electron chi connectivity index (χ1n) is 8.97. The van der Waals surface area contributed by atoms with Gasteiger partial charge in [0.15, 0.2) is 0 Å². The van der Waals surface area contributed by atoms with Gasteiger partial charge in [-0.15, -0.1) is 0 Å². The molecule has 3 rings (SSSR count). The van der Waals surface area contributed by atoms with Crippen LogP contribution in [-0.4, -0.2) is 39.7 Å². The van der Waals surface area contributed by atoms with E-state index >= 15 is 0 Å². The Bertz CT molecular complexity index is 541. The number of aromatic nitrogens is 2. The van der Waals surface area contributed by atoms with E-state index in [2.05, 4.69) is 33.0 Å². The van der Waals surface area contributed by atoms with Gasteiger partial charge in [-0.2, -0.15) is 5.10 Å². The van der Waals surface area contributed by atoms with Gasteiger partial charge in [0, 0.05) is 31.6 Å². The first-order valence-corrected chi connectivity index (χ1v) is 8.97. The van der Waals surface area contributed by atoms with Crippen molar-refractivity contribution in [3.8, 4) is 0 Å². The summed E-state index contributed by atoms with van der Waals surface area (Å²) in [6, 6.07) is 2.34. The van der Waals surface area contributed by atoms with Crippen molar-refractivity contribution in [3.05, 3.63) is 17.5 Å². The van der Waals surface area contributed by atoms with Gasteiger partial charge in [0.25, 0.3) is 0 Å². The van der Waals surface area contributed by atoms with Gasteiger partial charge in [-0.25, -0.2) is 0 Å². The Morgan fingerprint density at radius 2 is 2.30 bits per heavy atom. The molecule has 1 saturated carbocycles. The van der Waals surface area contributed by atoms with Crippen molar-refractivity contribution in [2.75, 3.05) is 13.1 Å². The molecule has 6 heteroatoms. The number of hydrogen-bond acceptors (Lipinski definition) is 4. The van der Waals surface area contributed by atoms with Gasteiger partial charge < -0.3 is 11.1 Å². The summed E-state index contributed by atoms with van der Waals surface area (Å²) in [5, 5.41) is 7.71. The van der Waals surface area contributed by atoms with Crippen molar-refractivity contribution in [2.24, 2.45) is 11.7 Å². The van der Waals surface area contributed by atoms with Gasteiger partial charge >= 0.3 is 0 Å². The lowest BCUT2D eigenvalue weighted by Crippen LogP contribution is -2.30. The van der Waals surface area contributed by atoms with E-state index in [0.29, 0.717) is 6.54 Å². The molecule has 1 aliphatic carbocycles. The molecule has 0 radical (unpaired) electrons. The molecule has 0 aromatic carbocycles. The molecule has 3 N–H and O–H groups in total. The second-order valence-corrected chi connectivity index (χ2v) is 6.97. The number of amides is 1. The zero-order valence-electron chi connectivity index (χ0n) is 14.1. The third kappa shape index (κ3) is 4.12. The van der Waals surface area contributed by atoms with Gasteiger partial charge in [-0.1, -0.05) is 6.92 Å². The largest absolute Gasteiger partial charge is 0.350 e. The van der Waals surface area contributed by atoms with E-state index in [1.807, 2.05) is 0 Å². The van der Waals surface area contributed by atoms with Crippen LogP contribution >= 0.6 is 0 Å². The van der Waals surface area contributed by atoms with Crippen LogP contribution in [0.25, 0.3) is 0 Å². The number of aryl methyl sites for hydroxylation is 1. The molecule has 2 aliphatic rings. The highest BCUT2D eigenvalue weighted by atomic mass is 16.1. The lowest BCUT2D eigenvalue weighted by Gasteiger charge is -2.17. The Labute approximate surface area is 138 Å². The maximum Gasteiger partial charge on any atom is 0.223 e. The molecule has 6 nitrogen and oxygen atoms in total. The molecule has 23 heavy (non-hydrogen) atoms. The van der Waals surface area contributed by atoms with Crippen LogP contribution in [0.5, 0.6) is 0 Å². The van der Waals surface area contributed by atoms with Crippen LogP contribution < -0.4 is 11.1 Å². The predicted octanol–water partition coefficient (Wildman–Crippen LogP) is 1.24. The third-order valence-corrected chi connectivity index (χ3v) is 4.97. The number of hydrogen-bond donors (Lipinski definition) is 2. The van der Waals surface area contributed by atoms with Gasteiger partial charge in [-0.05, 0) is 44.7 Å². The predicted molar refractivity (Wildman–Crippen MR) is 89.6 cm³/mol. The quantitative estimate of drug-likeness (QED) is 0.856. The summed E-state index contributed by atoms with van der Waals surface area (Å²) < 4.78 is 2.11. The van der Waals surface area contributed by atoms with Crippen LogP contribution in [0.3, 0.4) is 0 Å². The van der Waals surface area contributed by atoms with Crippen LogP contribution in [0, 0.1) is 5.92 Å². The van der Waals surface area contributed by atoms with E-state index in [-0.39, 0.29) is 17.9 Å². The van der Waals surface area contributed by atoms with Gasteiger partial charge in [-0.3, -0.25) is 14.4 Å². The van der Waals surface area contributed by atoms with Crippen molar-refractivity contribution in [2.45, 2.75) is 64.7 Å². The SMILES string of the molecule is CCCN1CCCn2nc(CNC(=O)C3CCC(N)C3)cc2C1. The Morgan fingerprint density at radius 3 is 3.04 bits per heavy atom. The Kier molecular flexibility index (Phi) is 5.33. The van der Waals surface area contributed by atoms with E-state index < -0.39 is 0 Å². The standard InChI is InChI=1S/C17H29N5O/c1-2-6-21-7-3-8-22-16(12-21)10-15(20-22)11-19-17(23)13-4-5-14(18)9-13/h10,13-14H,2-9,11-12,18H2,1H3,(H,19,23). The van der Waals surface area contributed by atoms with E-state index in [9.17, 15) is 4.79 Å². The van der Waals surface area contributed by atoms with Crippen LogP contribution in [0.15, 0.2) is 6.07 Å². The van der Waals surface area contributed by atoms with Crippen LogP contribution in [0.2, 0.25) is 0 Å². The topological polar surface area (TPSA) is 76.2 Å². The molecule has 1 aromatic heterocycles. The monoisotopic (exact) mass is 319 g/mol.